The Morgan fingerprint density at radius 2 is 1.93 bits per heavy atom. The summed E-state index contributed by atoms with van der Waals surface area (Å²) in [5.41, 5.74) is -0.473. The van der Waals surface area contributed by atoms with E-state index < -0.39 is 73.9 Å². The molecule has 3 fully saturated rings. The van der Waals surface area contributed by atoms with Gasteiger partial charge in [-0.1, -0.05) is 38.0 Å². The molecule has 1 aromatic carbocycles. The van der Waals surface area contributed by atoms with E-state index in [1.807, 2.05) is 19.1 Å². The van der Waals surface area contributed by atoms with Crippen LogP contribution in [0.5, 0.6) is 5.88 Å². The zero-order chi connectivity index (χ0) is 38.4. The van der Waals surface area contributed by atoms with Crippen LogP contribution in [0.4, 0.5) is 4.39 Å². The van der Waals surface area contributed by atoms with Gasteiger partial charge in [-0.2, -0.15) is 5.10 Å². The van der Waals surface area contributed by atoms with Crippen molar-refractivity contribution in [3.8, 4) is 5.88 Å². The van der Waals surface area contributed by atoms with E-state index in [2.05, 4.69) is 30.4 Å². The van der Waals surface area contributed by atoms with Crippen molar-refractivity contribution in [2.24, 2.45) is 13.0 Å². The fourth-order valence-corrected chi connectivity index (χ4v) is 8.63. The van der Waals surface area contributed by atoms with Gasteiger partial charge < -0.3 is 20.3 Å². The van der Waals surface area contributed by atoms with Crippen LogP contribution in [-0.2, 0) is 37.9 Å². The molecule has 2 aromatic heterocycles. The Labute approximate surface area is 312 Å². The van der Waals surface area contributed by atoms with Crippen molar-refractivity contribution in [3.05, 3.63) is 59.8 Å². The van der Waals surface area contributed by atoms with E-state index in [0.29, 0.717) is 49.7 Å². The Morgan fingerprint density at radius 1 is 1.13 bits per heavy atom. The number of nitrogens with one attached hydrogen (secondary N) is 3. The lowest BCUT2D eigenvalue weighted by molar-refractivity contribution is -0.141. The van der Waals surface area contributed by atoms with E-state index in [4.69, 9.17) is 4.74 Å². The highest BCUT2D eigenvalue weighted by Crippen LogP contribution is 2.47. The van der Waals surface area contributed by atoms with Crippen LogP contribution < -0.4 is 20.1 Å². The molecule has 7 rings (SSSR count). The van der Waals surface area contributed by atoms with Gasteiger partial charge in [-0.15, -0.1) is 0 Å². The minimum absolute atomic E-state index is 0.0140. The number of benzene rings is 1. The lowest BCUT2D eigenvalue weighted by Crippen LogP contribution is -2.58. The van der Waals surface area contributed by atoms with E-state index in [-0.39, 0.29) is 36.5 Å². The number of rotatable bonds is 8. The van der Waals surface area contributed by atoms with Crippen molar-refractivity contribution < 1.29 is 36.7 Å². The minimum Gasteiger partial charge on any atom is -0.471 e. The summed E-state index contributed by atoms with van der Waals surface area (Å²) in [5.74, 6) is -3.51. The number of carbonyl (C=O) groups is 4. The number of ether oxygens (including phenoxy) is 1. The van der Waals surface area contributed by atoms with Crippen LogP contribution in [0.15, 0.2) is 42.6 Å². The van der Waals surface area contributed by atoms with Gasteiger partial charge in [-0.05, 0) is 70.1 Å². The van der Waals surface area contributed by atoms with Crippen molar-refractivity contribution in [2.75, 3.05) is 6.54 Å². The van der Waals surface area contributed by atoms with E-state index in [9.17, 15) is 32.0 Å². The van der Waals surface area contributed by atoms with E-state index >= 15 is 0 Å². The van der Waals surface area contributed by atoms with E-state index in [1.54, 1.807) is 20.0 Å². The maximum absolute atomic E-state index is 14.8. The van der Waals surface area contributed by atoms with Gasteiger partial charge in [0.15, 0.2) is 5.82 Å². The van der Waals surface area contributed by atoms with E-state index in [0.717, 1.165) is 12.8 Å². The molecule has 4 amide bonds. The largest absolute Gasteiger partial charge is 0.471 e. The molecule has 4 heterocycles. The normalized spacial score (nSPS) is 27.4. The van der Waals surface area contributed by atoms with Crippen molar-refractivity contribution in [3.63, 3.8) is 0 Å². The number of hydrogen-bond acceptors (Lipinski definition) is 10. The zero-order valence-corrected chi connectivity index (χ0v) is 31.3. The number of carbonyl (C=O) groups excluding carboxylic acids is 4. The van der Waals surface area contributed by atoms with Crippen LogP contribution in [0.2, 0.25) is 0 Å². The maximum Gasteiger partial charge on any atom is 0.270 e. The Bertz CT molecular complexity index is 2140. The van der Waals surface area contributed by atoms with Crippen molar-refractivity contribution in [1.82, 2.24) is 40.0 Å². The lowest BCUT2D eigenvalue weighted by atomic mass is 10.0. The summed E-state index contributed by atoms with van der Waals surface area (Å²) in [6.07, 6.45) is 8.92. The smallest absolute Gasteiger partial charge is 0.270 e. The molecule has 2 aliphatic carbocycles. The van der Waals surface area contributed by atoms with Gasteiger partial charge in [0.2, 0.25) is 27.7 Å². The summed E-state index contributed by atoms with van der Waals surface area (Å²) in [5, 5.41) is 9.77. The summed E-state index contributed by atoms with van der Waals surface area (Å²) >= 11 is 0. The van der Waals surface area contributed by atoms with Crippen LogP contribution in [0.3, 0.4) is 0 Å². The quantitative estimate of drug-likeness (QED) is 0.287. The first-order valence-corrected chi connectivity index (χ1v) is 20.0. The first-order chi connectivity index (χ1) is 25.7. The average Bonchev–Trinajstić information content (AvgIpc) is 3.94. The molecular weight excluding hydrogens is 720 g/mol. The molecule has 0 bridgehead atoms. The molecule has 17 heteroatoms. The van der Waals surface area contributed by atoms with Gasteiger partial charge in [0.05, 0.1) is 16.8 Å². The molecular formula is C37H45FN8O7S. The van der Waals surface area contributed by atoms with E-state index in [1.165, 1.54) is 34.0 Å². The van der Waals surface area contributed by atoms with Crippen LogP contribution >= 0.6 is 0 Å². The molecule has 1 saturated heterocycles. The van der Waals surface area contributed by atoms with Gasteiger partial charge in [0, 0.05) is 25.6 Å². The minimum atomic E-state index is -4.01. The molecule has 4 aliphatic rings. The summed E-state index contributed by atoms with van der Waals surface area (Å²) in [4.78, 5) is 66.5. The number of halogens is 1. The number of hydrogen-bond donors (Lipinski definition) is 3. The highest BCUT2D eigenvalue weighted by atomic mass is 32.2. The lowest BCUT2D eigenvalue weighted by Gasteiger charge is -2.30. The average molecular weight is 765 g/mol. The molecule has 3 N–H and O–H groups in total. The number of allylic oxidation sites excluding steroid dienone is 1. The molecule has 0 radical (unpaired) electrons. The van der Waals surface area contributed by atoms with Crippen LogP contribution in [0, 0.1) is 11.7 Å². The maximum atomic E-state index is 14.8. The number of sulfonamides is 1. The summed E-state index contributed by atoms with van der Waals surface area (Å²) < 4.78 is 50.0. The van der Waals surface area contributed by atoms with Gasteiger partial charge in [-0.3, -0.25) is 28.6 Å². The Hall–Kier alpha value is -4.93. The number of nitrogens with zero attached hydrogens (tertiary/aromatic N) is 5. The second kappa shape index (κ2) is 14.4. The summed E-state index contributed by atoms with van der Waals surface area (Å²) in [6, 6.07) is 3.80. The number of aryl methyl sites for hydroxylation is 2. The summed E-state index contributed by atoms with van der Waals surface area (Å²) in [6.45, 7) is 3.33. The zero-order valence-electron chi connectivity index (χ0n) is 30.5. The van der Waals surface area contributed by atoms with Gasteiger partial charge in [0.1, 0.15) is 40.6 Å². The Kier molecular flexibility index (Phi) is 9.95. The first-order valence-electron chi connectivity index (χ1n) is 18.5. The standard InChI is InChI=1S/C37H45FN8O7S/c1-4-25-33(42-30-24(38)12-10-14-26(30)40-25)53-23-19-29-32(48)43-37(35(50)44-54(51,52)36(2)16-17-36)20-22(37)11-8-6-5-7-9-13-27(34(49)46(29)21-23)41-31(47)28-15-18-39-45(28)3/h8,10-12,14-15,18,22-23,27,29H,4-7,9,13,16-17,19-21H2,1-3H3,(H,41,47)(H,43,48)(H,44,50)/b11-8-/t22-,23-,27+,29+,37-/m1/s1. The summed E-state index contributed by atoms with van der Waals surface area (Å²) in [7, 11) is -2.40. The first kappa shape index (κ1) is 37.4. The third kappa shape index (κ3) is 7.17. The highest BCUT2D eigenvalue weighted by Gasteiger charge is 2.63. The third-order valence-corrected chi connectivity index (χ3v) is 13.3. The molecule has 15 nitrogen and oxygen atoms in total. The molecule has 5 atom stereocenters. The second-order valence-electron chi connectivity index (χ2n) is 15.0. The molecule has 2 aliphatic heterocycles. The monoisotopic (exact) mass is 764 g/mol. The van der Waals surface area contributed by atoms with Crippen LogP contribution in [0.25, 0.3) is 11.0 Å². The topological polar surface area (TPSA) is 195 Å². The SMILES string of the molecule is CCc1nc2cccc(F)c2nc1O[C@@H]1C[C@H]2C(=O)N[C@]3(C(=O)NS(=O)(=O)C4(C)CC4)C[C@H]3/C=C\CCCCC[C@H](NC(=O)c3ccnn3C)C(=O)N2C1. The predicted molar refractivity (Wildman–Crippen MR) is 194 cm³/mol. The molecule has 288 valence electrons. The van der Waals surface area contributed by atoms with Gasteiger partial charge in [-0.25, -0.2) is 22.8 Å². The van der Waals surface area contributed by atoms with Gasteiger partial charge in [0.25, 0.3) is 11.8 Å². The third-order valence-electron chi connectivity index (χ3n) is 11.1. The number of para-hydroxylation sites is 1. The van der Waals surface area contributed by atoms with Crippen LogP contribution in [-0.4, -0.2) is 91.7 Å². The van der Waals surface area contributed by atoms with Crippen molar-refractivity contribution >= 4 is 44.7 Å². The second-order valence-corrected chi connectivity index (χ2v) is 17.2. The Balaban J connectivity index is 1.21. The van der Waals surface area contributed by atoms with Crippen molar-refractivity contribution in [1.29, 1.82) is 0 Å². The fraction of sp³-hybridized carbons (Fsp3) is 0.541. The Morgan fingerprint density at radius 3 is 2.65 bits per heavy atom. The molecule has 3 aromatic rings. The van der Waals surface area contributed by atoms with Crippen LogP contribution in [0.1, 0.15) is 87.8 Å². The molecule has 0 unspecified atom stereocenters. The number of amides is 4. The highest BCUT2D eigenvalue weighted by molar-refractivity contribution is 7.91. The van der Waals surface area contributed by atoms with Crippen molar-refractivity contribution in [2.45, 2.75) is 107 Å². The number of aromatic nitrogens is 4. The van der Waals surface area contributed by atoms with Gasteiger partial charge >= 0.3 is 0 Å². The molecule has 0 spiro atoms. The predicted octanol–water partition coefficient (Wildman–Crippen LogP) is 2.61. The fourth-order valence-electron chi connectivity index (χ4n) is 7.32. The number of fused-ring (bicyclic) bond motifs is 3. The molecule has 54 heavy (non-hydrogen) atoms. The molecule has 2 saturated carbocycles.